The van der Waals surface area contributed by atoms with Crippen molar-refractivity contribution < 1.29 is 0 Å². The lowest BCUT2D eigenvalue weighted by Crippen LogP contribution is -2.44. The number of benzene rings is 2. The van der Waals surface area contributed by atoms with Gasteiger partial charge in [0.1, 0.15) is 5.84 Å². The topological polar surface area (TPSA) is 22.1 Å². The minimum absolute atomic E-state index is 0.714. The minimum Gasteiger partial charge on any atom is -0.304 e. The van der Waals surface area contributed by atoms with Gasteiger partial charge in [-0.3, -0.25) is 14.8 Å². The van der Waals surface area contributed by atoms with Crippen molar-refractivity contribution in [3.05, 3.63) is 48.5 Å². The monoisotopic (exact) mass is 352 g/mol. The van der Waals surface area contributed by atoms with E-state index in [1.165, 1.54) is 22.0 Å². The van der Waals surface area contributed by atoms with E-state index in [-0.39, 0.29) is 0 Å². The first-order valence-electron chi connectivity index (χ1n) is 8.89. The van der Waals surface area contributed by atoms with Crippen molar-refractivity contribution >= 4 is 36.4 Å². The number of hydrogen-bond donors (Lipinski definition) is 0. The summed E-state index contributed by atoms with van der Waals surface area (Å²) >= 11 is 0. The summed E-state index contributed by atoms with van der Waals surface area (Å²) in [6.07, 6.45) is 0. The molecule has 0 unspecified atom stereocenters. The number of hydrogen-bond acceptors (Lipinski definition) is 3. The molecule has 5 heteroatoms. The zero-order valence-electron chi connectivity index (χ0n) is 14.9. The van der Waals surface area contributed by atoms with Gasteiger partial charge < -0.3 is 4.90 Å². The number of amidine groups is 1. The van der Waals surface area contributed by atoms with Crippen molar-refractivity contribution in [2.24, 2.45) is 4.99 Å². The minimum atomic E-state index is 0.714. The van der Waals surface area contributed by atoms with E-state index in [0.29, 0.717) is 8.58 Å². The quantitative estimate of drug-likeness (QED) is 0.471. The van der Waals surface area contributed by atoms with E-state index in [0.717, 1.165) is 38.7 Å². The van der Waals surface area contributed by atoms with Crippen LogP contribution in [-0.2, 0) is 0 Å². The van der Waals surface area contributed by atoms with Crippen LogP contribution in [0.5, 0.6) is 0 Å². The van der Waals surface area contributed by atoms with Crippen LogP contribution in [-0.4, -0.2) is 55.5 Å². The Bertz CT molecular complexity index is 735. The van der Waals surface area contributed by atoms with Crippen molar-refractivity contribution in [3.8, 4) is 0 Å². The van der Waals surface area contributed by atoms with Gasteiger partial charge in [-0.2, -0.15) is 0 Å². The lowest BCUT2D eigenvalue weighted by Gasteiger charge is -2.34. The van der Waals surface area contributed by atoms with Gasteiger partial charge in [-0.05, 0) is 26.1 Å². The molecule has 0 atom stereocenters. The van der Waals surface area contributed by atoms with Crippen molar-refractivity contribution in [2.75, 3.05) is 44.8 Å². The molecule has 1 fully saturated rings. The van der Waals surface area contributed by atoms with Crippen LogP contribution in [0.15, 0.2) is 53.5 Å². The first-order chi connectivity index (χ1) is 12.2. The zero-order chi connectivity index (χ0) is 17.2. The highest BCUT2D eigenvalue weighted by Crippen LogP contribution is 2.35. The largest absolute Gasteiger partial charge is 0.304 e. The molecule has 0 radical (unpaired) electrons. The molecule has 4 rings (SSSR count). The van der Waals surface area contributed by atoms with Gasteiger partial charge in [0, 0.05) is 36.8 Å². The average molecular weight is 352 g/mol. The van der Waals surface area contributed by atoms with Gasteiger partial charge >= 0.3 is 0 Å². The van der Waals surface area contributed by atoms with Crippen LogP contribution in [0, 0.1) is 0 Å². The molecule has 2 aromatic carbocycles. The number of likely N-dealkylation sites (N-methyl/N-ethyl adjacent to an activating group) is 1. The third kappa shape index (κ3) is 3.48. The van der Waals surface area contributed by atoms with Gasteiger partial charge in [-0.25, -0.2) is 0 Å². The van der Waals surface area contributed by atoms with Gasteiger partial charge in [0.2, 0.25) is 0 Å². The molecule has 2 heterocycles. The molecule has 0 saturated carbocycles. The predicted molar refractivity (Wildman–Crippen MR) is 110 cm³/mol. The number of para-hydroxylation sites is 2. The fraction of sp³-hybridized carbons (Fsp3) is 0.350. The Morgan fingerprint density at radius 2 is 1.48 bits per heavy atom. The molecular formula is C20H25N4P. The van der Waals surface area contributed by atoms with E-state index in [2.05, 4.69) is 77.2 Å². The summed E-state index contributed by atoms with van der Waals surface area (Å²) in [7, 11) is 2.90. The van der Waals surface area contributed by atoms with Gasteiger partial charge in [-0.15, -0.1) is 0 Å². The fourth-order valence-electron chi connectivity index (χ4n) is 3.43. The predicted octanol–water partition coefficient (Wildman–Crippen LogP) is 2.39. The fourth-order valence-corrected chi connectivity index (χ4v) is 4.73. The van der Waals surface area contributed by atoms with E-state index >= 15 is 0 Å². The van der Waals surface area contributed by atoms with Crippen LogP contribution in [0.25, 0.3) is 0 Å². The molecule has 0 N–H and O–H groups in total. The van der Waals surface area contributed by atoms with E-state index < -0.39 is 0 Å². The molecule has 2 aliphatic rings. The number of fused-ring (bicyclic) bond motifs is 2. The van der Waals surface area contributed by atoms with E-state index in [1.807, 2.05) is 0 Å². The third-order valence-electron chi connectivity index (χ3n) is 4.98. The summed E-state index contributed by atoms with van der Waals surface area (Å²) in [5.74, 6) is 1.07. The summed E-state index contributed by atoms with van der Waals surface area (Å²) in [5, 5.41) is 2.80. The van der Waals surface area contributed by atoms with Crippen molar-refractivity contribution in [1.82, 2.24) is 9.80 Å². The Labute approximate surface area is 151 Å². The Balaban J connectivity index is 1.61. The second-order valence-corrected chi connectivity index (χ2v) is 8.09. The highest BCUT2D eigenvalue weighted by molar-refractivity contribution is 7.56. The molecule has 0 spiro atoms. The highest BCUT2D eigenvalue weighted by atomic mass is 31.1. The summed E-state index contributed by atoms with van der Waals surface area (Å²) in [6, 6.07) is 17.4. The van der Waals surface area contributed by atoms with Crippen molar-refractivity contribution in [2.45, 2.75) is 6.92 Å². The molecule has 2 aromatic rings. The molecule has 0 bridgehead atoms. The second kappa shape index (κ2) is 7.25. The molecule has 25 heavy (non-hydrogen) atoms. The normalized spacial score (nSPS) is 18.8. The van der Waals surface area contributed by atoms with Crippen molar-refractivity contribution in [3.63, 3.8) is 0 Å². The standard InChI is InChI=1S/C20H25N4P/c1-16(21-15-23-13-11-22(2)12-14-23)24-17-7-3-5-9-19(17)25-20-10-6-4-8-18(20)24/h3-10,25H,11-15H2,1-2H3/b21-16+. The van der Waals surface area contributed by atoms with Gasteiger partial charge in [0.15, 0.2) is 0 Å². The maximum Gasteiger partial charge on any atom is 0.106 e. The summed E-state index contributed by atoms with van der Waals surface area (Å²) in [6.45, 7) is 7.38. The smallest absolute Gasteiger partial charge is 0.106 e. The molecular weight excluding hydrogens is 327 g/mol. The Morgan fingerprint density at radius 3 is 2.08 bits per heavy atom. The van der Waals surface area contributed by atoms with Gasteiger partial charge in [0.25, 0.3) is 0 Å². The summed E-state index contributed by atoms with van der Waals surface area (Å²) in [5.41, 5.74) is 2.55. The number of anilines is 2. The lowest BCUT2D eigenvalue weighted by molar-refractivity contribution is 0.158. The van der Waals surface area contributed by atoms with E-state index in [9.17, 15) is 0 Å². The molecule has 0 aromatic heterocycles. The highest BCUT2D eigenvalue weighted by Gasteiger charge is 2.24. The maximum absolute atomic E-state index is 4.95. The second-order valence-electron chi connectivity index (χ2n) is 6.76. The molecule has 0 aliphatic carbocycles. The van der Waals surface area contributed by atoms with Crippen LogP contribution in [0.4, 0.5) is 11.4 Å². The molecule has 4 nitrogen and oxygen atoms in total. The molecule has 2 aliphatic heterocycles. The van der Waals surface area contributed by atoms with Crippen LogP contribution < -0.4 is 15.5 Å². The summed E-state index contributed by atoms with van der Waals surface area (Å²) in [4.78, 5) is 12.1. The first-order valence-corrected chi connectivity index (χ1v) is 9.89. The Hall–Kier alpha value is -1.74. The number of nitrogens with zero attached hydrogens (tertiary/aromatic N) is 4. The van der Waals surface area contributed by atoms with Crippen LogP contribution in [0.1, 0.15) is 6.92 Å². The van der Waals surface area contributed by atoms with E-state index in [1.54, 1.807) is 0 Å². The van der Waals surface area contributed by atoms with Crippen LogP contribution in [0.3, 0.4) is 0 Å². The van der Waals surface area contributed by atoms with Crippen LogP contribution >= 0.6 is 8.58 Å². The molecule has 0 amide bonds. The lowest BCUT2D eigenvalue weighted by atomic mass is 10.2. The number of rotatable bonds is 2. The third-order valence-corrected chi connectivity index (χ3v) is 6.36. The molecule has 130 valence electrons. The van der Waals surface area contributed by atoms with Crippen molar-refractivity contribution in [1.29, 1.82) is 0 Å². The summed E-state index contributed by atoms with van der Waals surface area (Å²) < 4.78 is 0. The first kappa shape index (κ1) is 16.7. The zero-order valence-corrected chi connectivity index (χ0v) is 15.9. The van der Waals surface area contributed by atoms with E-state index in [4.69, 9.17) is 4.99 Å². The molecule has 1 saturated heterocycles. The number of piperazine rings is 1. The SMILES string of the molecule is C/C(=N\CN1CCN(C)CC1)N1c2ccccc2Pc2ccccc21. The van der Waals surface area contributed by atoms with Gasteiger partial charge in [0.05, 0.1) is 18.0 Å². The van der Waals surface area contributed by atoms with Gasteiger partial charge in [-0.1, -0.05) is 45.0 Å². The Kier molecular flexibility index (Phi) is 4.85. The Morgan fingerprint density at radius 1 is 0.920 bits per heavy atom. The number of aliphatic imine (C=N–C) groups is 1. The maximum atomic E-state index is 4.95. The van der Waals surface area contributed by atoms with Crippen LogP contribution in [0.2, 0.25) is 0 Å². The average Bonchev–Trinajstić information content (AvgIpc) is 2.65.